The number of aromatic nitrogens is 3. The second-order valence-corrected chi connectivity index (χ2v) is 6.93. The van der Waals surface area contributed by atoms with E-state index < -0.39 is 0 Å². The van der Waals surface area contributed by atoms with Crippen LogP contribution in [0.1, 0.15) is 12.0 Å². The van der Waals surface area contributed by atoms with Gasteiger partial charge >= 0.3 is 0 Å². The fraction of sp³-hybridized carbons (Fsp3) is 0.353. The van der Waals surface area contributed by atoms with E-state index in [0.717, 1.165) is 36.1 Å². The second-order valence-electron chi connectivity index (χ2n) is 6.04. The predicted molar refractivity (Wildman–Crippen MR) is 95.2 cm³/mol. The summed E-state index contributed by atoms with van der Waals surface area (Å²) in [5.74, 6) is 2.65. The number of rotatable bonds is 4. The van der Waals surface area contributed by atoms with Crippen LogP contribution in [-0.2, 0) is 0 Å². The molecule has 4 rings (SSSR count). The minimum Gasteiger partial charge on any atom is -0.370 e. The Kier molecular flexibility index (Phi) is 3.83. The summed E-state index contributed by atoms with van der Waals surface area (Å²) < 4.78 is 0. The van der Waals surface area contributed by atoms with Crippen LogP contribution < -0.4 is 10.2 Å². The molecule has 0 spiro atoms. The van der Waals surface area contributed by atoms with Gasteiger partial charge in [0.15, 0.2) is 0 Å². The highest BCUT2D eigenvalue weighted by atomic mass is 32.1. The van der Waals surface area contributed by atoms with Crippen LogP contribution >= 0.6 is 11.3 Å². The smallest absolute Gasteiger partial charge is 0.140 e. The molecule has 4 heterocycles. The predicted octanol–water partition coefficient (Wildman–Crippen LogP) is 3.33. The summed E-state index contributed by atoms with van der Waals surface area (Å²) in [6.45, 7) is 5.12. The van der Waals surface area contributed by atoms with Crippen molar-refractivity contribution in [1.82, 2.24) is 15.0 Å². The third-order valence-corrected chi connectivity index (χ3v) is 5.13. The fourth-order valence-corrected chi connectivity index (χ4v) is 3.83. The first-order valence-corrected chi connectivity index (χ1v) is 8.77. The van der Waals surface area contributed by atoms with Gasteiger partial charge in [-0.05, 0) is 48.4 Å². The number of hydrogen-bond acceptors (Lipinski definition) is 6. The maximum atomic E-state index is 4.51. The molecule has 1 fully saturated rings. The summed E-state index contributed by atoms with van der Waals surface area (Å²) in [5.41, 5.74) is 1.23. The minimum absolute atomic E-state index is 0.612. The Hall–Kier alpha value is -2.21. The third kappa shape index (κ3) is 2.99. The van der Waals surface area contributed by atoms with E-state index in [0.29, 0.717) is 5.92 Å². The summed E-state index contributed by atoms with van der Waals surface area (Å²) in [6.07, 6.45) is 4.71. The van der Waals surface area contributed by atoms with Crippen molar-refractivity contribution in [1.29, 1.82) is 0 Å². The largest absolute Gasteiger partial charge is 0.370 e. The number of anilines is 2. The zero-order valence-corrected chi connectivity index (χ0v) is 13.9. The minimum atomic E-state index is 0.612. The number of aryl methyl sites for hydroxylation is 1. The molecule has 1 N–H and O–H groups in total. The number of nitrogens with zero attached hydrogens (tertiary/aromatic N) is 4. The Balaban J connectivity index is 1.42. The summed E-state index contributed by atoms with van der Waals surface area (Å²) in [4.78, 5) is 16.7. The van der Waals surface area contributed by atoms with Gasteiger partial charge in [0.25, 0.3) is 0 Å². The first-order valence-electron chi connectivity index (χ1n) is 7.89. The first kappa shape index (κ1) is 14.4. The molecular weight excluding hydrogens is 306 g/mol. The highest BCUT2D eigenvalue weighted by Crippen LogP contribution is 2.30. The molecule has 6 heteroatoms. The van der Waals surface area contributed by atoms with Crippen LogP contribution in [0.4, 0.5) is 11.6 Å². The maximum Gasteiger partial charge on any atom is 0.140 e. The summed E-state index contributed by atoms with van der Waals surface area (Å²) >= 11 is 1.67. The van der Waals surface area contributed by atoms with E-state index >= 15 is 0 Å². The Labute approximate surface area is 139 Å². The molecule has 118 valence electrons. The lowest BCUT2D eigenvalue weighted by Crippen LogP contribution is -2.23. The molecule has 0 saturated carbocycles. The Bertz CT molecular complexity index is 815. The number of fused-ring (bicyclic) bond motifs is 1. The van der Waals surface area contributed by atoms with E-state index in [4.69, 9.17) is 0 Å². The second kappa shape index (κ2) is 6.12. The van der Waals surface area contributed by atoms with Gasteiger partial charge in [0.05, 0.1) is 5.39 Å². The average molecular weight is 325 g/mol. The van der Waals surface area contributed by atoms with Crippen molar-refractivity contribution in [3.63, 3.8) is 0 Å². The van der Waals surface area contributed by atoms with Crippen molar-refractivity contribution >= 4 is 33.2 Å². The van der Waals surface area contributed by atoms with Crippen LogP contribution in [0.3, 0.4) is 0 Å². The van der Waals surface area contributed by atoms with Gasteiger partial charge in [0.2, 0.25) is 0 Å². The van der Waals surface area contributed by atoms with Crippen LogP contribution in [0.25, 0.3) is 10.2 Å². The zero-order chi connectivity index (χ0) is 15.6. The molecular formula is C17H19N5S. The van der Waals surface area contributed by atoms with Gasteiger partial charge in [-0.3, -0.25) is 0 Å². The number of nitrogens with one attached hydrogen (secondary N) is 1. The Morgan fingerprint density at radius 1 is 1.30 bits per heavy atom. The molecule has 0 aromatic carbocycles. The monoisotopic (exact) mass is 325 g/mol. The molecule has 3 aromatic rings. The quantitative estimate of drug-likeness (QED) is 0.797. The Morgan fingerprint density at radius 2 is 2.26 bits per heavy atom. The fourth-order valence-electron chi connectivity index (χ4n) is 3.10. The van der Waals surface area contributed by atoms with Crippen molar-refractivity contribution in [2.45, 2.75) is 13.3 Å². The van der Waals surface area contributed by atoms with E-state index in [2.05, 4.69) is 49.6 Å². The van der Waals surface area contributed by atoms with E-state index in [1.165, 1.54) is 17.4 Å². The number of hydrogen-bond donors (Lipinski definition) is 1. The first-order chi connectivity index (χ1) is 11.3. The van der Waals surface area contributed by atoms with Crippen LogP contribution in [0, 0.1) is 12.8 Å². The topological polar surface area (TPSA) is 53.9 Å². The molecule has 5 nitrogen and oxygen atoms in total. The molecule has 23 heavy (non-hydrogen) atoms. The molecule has 1 aliphatic heterocycles. The molecule has 0 bridgehead atoms. The normalized spacial score (nSPS) is 17.8. The van der Waals surface area contributed by atoms with Gasteiger partial charge in [0, 0.05) is 25.8 Å². The van der Waals surface area contributed by atoms with Crippen LogP contribution in [0.5, 0.6) is 0 Å². The number of pyridine rings is 1. The highest BCUT2D eigenvalue weighted by Gasteiger charge is 2.25. The number of thiophene rings is 1. The molecule has 0 aliphatic carbocycles. The van der Waals surface area contributed by atoms with E-state index in [1.54, 1.807) is 17.7 Å². The highest BCUT2D eigenvalue weighted by molar-refractivity contribution is 7.16. The molecule has 1 aliphatic rings. The van der Waals surface area contributed by atoms with Gasteiger partial charge in [0.1, 0.15) is 22.8 Å². The van der Waals surface area contributed by atoms with E-state index in [-0.39, 0.29) is 0 Å². The van der Waals surface area contributed by atoms with Gasteiger partial charge < -0.3 is 10.2 Å². The van der Waals surface area contributed by atoms with Crippen molar-refractivity contribution in [2.75, 3.05) is 29.9 Å². The van der Waals surface area contributed by atoms with Gasteiger partial charge in [-0.15, -0.1) is 11.3 Å². The van der Waals surface area contributed by atoms with Gasteiger partial charge in [-0.1, -0.05) is 0 Å². The Morgan fingerprint density at radius 3 is 3.17 bits per heavy atom. The summed E-state index contributed by atoms with van der Waals surface area (Å²) in [6, 6.07) is 6.23. The van der Waals surface area contributed by atoms with Crippen molar-refractivity contribution < 1.29 is 0 Å². The van der Waals surface area contributed by atoms with Crippen molar-refractivity contribution in [3.05, 3.63) is 41.7 Å². The van der Waals surface area contributed by atoms with Crippen molar-refractivity contribution in [2.24, 2.45) is 5.92 Å². The van der Waals surface area contributed by atoms with E-state index in [9.17, 15) is 0 Å². The lowest BCUT2D eigenvalue weighted by Gasteiger charge is -2.18. The van der Waals surface area contributed by atoms with Crippen LogP contribution in [0.2, 0.25) is 0 Å². The molecule has 0 unspecified atom stereocenters. The summed E-state index contributed by atoms with van der Waals surface area (Å²) in [5, 5.41) is 6.72. The van der Waals surface area contributed by atoms with E-state index in [1.807, 2.05) is 12.3 Å². The SMILES string of the molecule is Cc1ccnc(NC[C@H]2CCN(c3ncnc4sccc34)C2)c1. The molecule has 0 radical (unpaired) electrons. The molecule has 1 atom stereocenters. The van der Waals surface area contributed by atoms with Crippen molar-refractivity contribution in [3.8, 4) is 0 Å². The maximum absolute atomic E-state index is 4.51. The average Bonchev–Trinajstić information content (AvgIpc) is 3.22. The lowest BCUT2D eigenvalue weighted by atomic mass is 10.1. The van der Waals surface area contributed by atoms with Gasteiger partial charge in [-0.2, -0.15) is 0 Å². The van der Waals surface area contributed by atoms with Crippen LogP contribution in [-0.4, -0.2) is 34.6 Å². The molecule has 1 saturated heterocycles. The lowest BCUT2D eigenvalue weighted by molar-refractivity contribution is 0.621. The standard InChI is InChI=1S/C17H19N5S/c1-12-2-5-18-15(8-12)19-9-13-3-6-22(10-13)16-14-4-7-23-17(14)21-11-20-16/h2,4-5,7-8,11,13H,3,6,9-10H2,1H3,(H,18,19)/t13-/m1/s1. The molecule has 0 amide bonds. The molecule has 3 aromatic heterocycles. The summed E-state index contributed by atoms with van der Waals surface area (Å²) in [7, 11) is 0. The van der Waals surface area contributed by atoms with Crippen LogP contribution in [0.15, 0.2) is 36.1 Å². The third-order valence-electron chi connectivity index (χ3n) is 4.31. The zero-order valence-electron chi connectivity index (χ0n) is 13.1. The van der Waals surface area contributed by atoms with Gasteiger partial charge in [-0.25, -0.2) is 15.0 Å².